The molecule has 108 valence electrons. The first-order valence-electron chi connectivity index (χ1n) is 5.83. The standard InChI is InChI=1S/C12H11Cl2FN2O2S/c1-2-5-9-11(20(14,18)19)12(13)17(16-9)10-7-4-3-6-8(10)15/h3-4,6-7H,2,5H2,1H3. The molecule has 20 heavy (non-hydrogen) atoms. The Morgan fingerprint density at radius 2 is 2.00 bits per heavy atom. The predicted octanol–water partition coefficient (Wildman–Crippen LogP) is 3.54. The molecule has 0 spiro atoms. The lowest BCUT2D eigenvalue weighted by molar-refractivity contribution is 0.607. The van der Waals surface area contributed by atoms with E-state index in [2.05, 4.69) is 5.10 Å². The first kappa shape index (κ1) is 15.3. The van der Waals surface area contributed by atoms with Crippen molar-refractivity contribution in [1.82, 2.24) is 9.78 Å². The first-order valence-corrected chi connectivity index (χ1v) is 8.52. The third-order valence-corrected chi connectivity index (χ3v) is 4.51. The molecule has 2 rings (SSSR count). The Morgan fingerprint density at radius 1 is 1.35 bits per heavy atom. The minimum Gasteiger partial charge on any atom is -0.218 e. The van der Waals surface area contributed by atoms with E-state index in [1.807, 2.05) is 6.92 Å². The fourth-order valence-electron chi connectivity index (χ4n) is 1.85. The SMILES string of the molecule is CCCc1nn(-c2ccccc2F)c(Cl)c1S(=O)(=O)Cl. The second kappa shape index (κ2) is 5.71. The van der Waals surface area contributed by atoms with Gasteiger partial charge >= 0.3 is 0 Å². The Labute approximate surface area is 125 Å². The van der Waals surface area contributed by atoms with Crippen LogP contribution in [0.1, 0.15) is 19.0 Å². The highest BCUT2D eigenvalue weighted by molar-refractivity contribution is 8.13. The molecule has 0 fully saturated rings. The van der Waals surface area contributed by atoms with E-state index in [4.69, 9.17) is 22.3 Å². The van der Waals surface area contributed by atoms with Crippen molar-refractivity contribution in [3.8, 4) is 5.69 Å². The lowest BCUT2D eigenvalue weighted by atomic mass is 10.2. The monoisotopic (exact) mass is 336 g/mol. The van der Waals surface area contributed by atoms with Gasteiger partial charge in [0.1, 0.15) is 16.4 Å². The topological polar surface area (TPSA) is 52.0 Å². The minimum atomic E-state index is -4.05. The summed E-state index contributed by atoms with van der Waals surface area (Å²) < 4.78 is 38.1. The molecule has 0 aliphatic rings. The van der Waals surface area contributed by atoms with E-state index in [1.54, 1.807) is 6.07 Å². The van der Waals surface area contributed by atoms with E-state index in [-0.39, 0.29) is 21.4 Å². The average Bonchev–Trinajstić information content (AvgIpc) is 2.67. The Kier molecular flexibility index (Phi) is 4.36. The van der Waals surface area contributed by atoms with Crippen LogP contribution in [0, 0.1) is 5.82 Å². The molecule has 0 atom stereocenters. The molecule has 0 aliphatic heterocycles. The smallest absolute Gasteiger partial charge is 0.218 e. The molecular weight excluding hydrogens is 326 g/mol. The molecule has 0 radical (unpaired) electrons. The molecule has 8 heteroatoms. The highest BCUT2D eigenvalue weighted by Gasteiger charge is 2.27. The molecular formula is C12H11Cl2FN2O2S. The molecule has 1 aromatic carbocycles. The molecule has 1 heterocycles. The van der Waals surface area contributed by atoms with Gasteiger partial charge in [-0.05, 0) is 18.6 Å². The number of benzene rings is 1. The third-order valence-electron chi connectivity index (χ3n) is 2.67. The van der Waals surface area contributed by atoms with Crippen LogP contribution >= 0.6 is 22.3 Å². The molecule has 4 nitrogen and oxygen atoms in total. The minimum absolute atomic E-state index is 0.0708. The van der Waals surface area contributed by atoms with E-state index < -0.39 is 14.9 Å². The second-order valence-corrected chi connectivity index (χ2v) is 6.98. The summed E-state index contributed by atoms with van der Waals surface area (Å²) in [7, 11) is 1.33. The Bertz CT molecular complexity index is 744. The highest BCUT2D eigenvalue weighted by atomic mass is 35.7. The maximum atomic E-state index is 13.8. The van der Waals surface area contributed by atoms with Crippen LogP contribution in [-0.2, 0) is 15.5 Å². The molecule has 0 bridgehead atoms. The number of hydrogen-bond acceptors (Lipinski definition) is 3. The van der Waals surface area contributed by atoms with Crippen molar-refractivity contribution in [3.05, 3.63) is 40.9 Å². The van der Waals surface area contributed by atoms with Gasteiger partial charge in [-0.15, -0.1) is 0 Å². The van der Waals surface area contributed by atoms with E-state index >= 15 is 0 Å². The van der Waals surface area contributed by atoms with Gasteiger partial charge in [-0.2, -0.15) is 5.10 Å². The zero-order valence-corrected chi connectivity index (χ0v) is 12.8. The van der Waals surface area contributed by atoms with Gasteiger partial charge in [0.25, 0.3) is 9.05 Å². The molecule has 0 unspecified atom stereocenters. The van der Waals surface area contributed by atoms with Crippen LogP contribution < -0.4 is 0 Å². The number of rotatable bonds is 4. The molecule has 0 N–H and O–H groups in total. The van der Waals surface area contributed by atoms with Crippen molar-refractivity contribution >= 4 is 31.3 Å². The number of aromatic nitrogens is 2. The number of aryl methyl sites for hydroxylation is 1. The lowest BCUT2D eigenvalue weighted by Gasteiger charge is -2.03. The summed E-state index contributed by atoms with van der Waals surface area (Å²) >= 11 is 6.03. The van der Waals surface area contributed by atoms with Gasteiger partial charge in [0.15, 0.2) is 5.15 Å². The molecule has 1 aromatic heterocycles. The Balaban J connectivity index is 2.72. The van der Waals surface area contributed by atoms with Gasteiger partial charge in [0, 0.05) is 10.7 Å². The summed E-state index contributed by atoms with van der Waals surface area (Å²) in [5.74, 6) is -0.557. The average molecular weight is 337 g/mol. The molecule has 2 aromatic rings. The normalized spacial score (nSPS) is 11.8. The number of para-hydroxylation sites is 1. The summed E-state index contributed by atoms with van der Waals surface area (Å²) in [6, 6.07) is 5.81. The first-order chi connectivity index (χ1) is 9.36. The third kappa shape index (κ3) is 2.82. The van der Waals surface area contributed by atoms with Gasteiger partial charge in [0.2, 0.25) is 0 Å². The summed E-state index contributed by atoms with van der Waals surface area (Å²) in [5.41, 5.74) is 0.303. The van der Waals surface area contributed by atoms with Crippen molar-refractivity contribution < 1.29 is 12.8 Å². The number of nitrogens with zero attached hydrogens (tertiary/aromatic N) is 2. The summed E-state index contributed by atoms with van der Waals surface area (Å²) in [6.45, 7) is 1.86. The highest BCUT2D eigenvalue weighted by Crippen LogP contribution is 2.31. The summed E-state index contributed by atoms with van der Waals surface area (Å²) in [4.78, 5) is -0.258. The zero-order chi connectivity index (χ0) is 14.9. The van der Waals surface area contributed by atoms with Gasteiger partial charge in [-0.1, -0.05) is 37.1 Å². The van der Waals surface area contributed by atoms with E-state index in [9.17, 15) is 12.8 Å². The van der Waals surface area contributed by atoms with Gasteiger partial charge < -0.3 is 0 Å². The van der Waals surface area contributed by atoms with Crippen molar-refractivity contribution in [3.63, 3.8) is 0 Å². The fraction of sp³-hybridized carbons (Fsp3) is 0.250. The van der Waals surface area contributed by atoms with E-state index in [1.165, 1.54) is 18.2 Å². The number of hydrogen-bond donors (Lipinski definition) is 0. The van der Waals surface area contributed by atoms with Gasteiger partial charge in [-0.25, -0.2) is 17.5 Å². The summed E-state index contributed by atoms with van der Waals surface area (Å²) in [6.07, 6.45) is 1.03. The largest absolute Gasteiger partial charge is 0.266 e. The maximum absolute atomic E-state index is 13.8. The number of halogens is 3. The van der Waals surface area contributed by atoms with Crippen LogP contribution in [0.3, 0.4) is 0 Å². The van der Waals surface area contributed by atoms with Crippen molar-refractivity contribution in [1.29, 1.82) is 0 Å². The van der Waals surface area contributed by atoms with E-state index in [0.717, 1.165) is 4.68 Å². The quantitative estimate of drug-likeness (QED) is 0.802. The Hall–Kier alpha value is -1.11. The van der Waals surface area contributed by atoms with Crippen LogP contribution in [0.2, 0.25) is 5.15 Å². The molecule has 0 aliphatic carbocycles. The Morgan fingerprint density at radius 3 is 2.55 bits per heavy atom. The fourth-order valence-corrected chi connectivity index (χ4v) is 3.71. The van der Waals surface area contributed by atoms with Crippen molar-refractivity contribution in [2.45, 2.75) is 24.7 Å². The van der Waals surface area contributed by atoms with E-state index in [0.29, 0.717) is 12.8 Å². The summed E-state index contributed by atoms with van der Waals surface area (Å²) in [5, 5.41) is 3.86. The molecule has 0 amide bonds. The van der Waals surface area contributed by atoms with Crippen LogP contribution in [0.25, 0.3) is 5.69 Å². The van der Waals surface area contributed by atoms with Crippen molar-refractivity contribution in [2.24, 2.45) is 0 Å². The second-order valence-electron chi connectivity index (χ2n) is 4.12. The maximum Gasteiger partial charge on any atom is 0.266 e. The van der Waals surface area contributed by atoms with Crippen molar-refractivity contribution in [2.75, 3.05) is 0 Å². The van der Waals surface area contributed by atoms with Gasteiger partial charge in [0.05, 0.1) is 5.69 Å². The van der Waals surface area contributed by atoms with Gasteiger partial charge in [-0.3, -0.25) is 0 Å². The van der Waals surface area contributed by atoms with Crippen LogP contribution in [0.15, 0.2) is 29.2 Å². The molecule has 0 saturated carbocycles. The molecule has 0 saturated heterocycles. The van der Waals surface area contributed by atoms with Crippen LogP contribution in [0.4, 0.5) is 4.39 Å². The predicted molar refractivity (Wildman–Crippen MR) is 75.6 cm³/mol. The lowest BCUT2D eigenvalue weighted by Crippen LogP contribution is -2.00. The zero-order valence-electron chi connectivity index (χ0n) is 10.5. The van der Waals surface area contributed by atoms with Crippen LogP contribution in [0.5, 0.6) is 0 Å². The van der Waals surface area contributed by atoms with Crippen LogP contribution in [-0.4, -0.2) is 18.2 Å².